The van der Waals surface area contributed by atoms with Gasteiger partial charge in [-0.3, -0.25) is 14.5 Å². The molecule has 4 amide bonds. The number of carbonyl (C=O) groups excluding carboxylic acids is 3. The Kier molecular flexibility index (Phi) is 5.78. The van der Waals surface area contributed by atoms with Crippen molar-refractivity contribution < 1.29 is 23.9 Å². The van der Waals surface area contributed by atoms with E-state index in [0.29, 0.717) is 43.0 Å². The quantitative estimate of drug-likeness (QED) is 0.702. The number of amides is 4. The Labute approximate surface area is 187 Å². The average molecular weight is 437 g/mol. The maximum absolute atomic E-state index is 13.3. The van der Waals surface area contributed by atoms with E-state index in [-0.39, 0.29) is 12.5 Å². The number of imide groups is 1. The number of nitrogens with one attached hydrogen (secondary N) is 1. The van der Waals surface area contributed by atoms with Gasteiger partial charge in [-0.05, 0) is 41.7 Å². The molecule has 2 aliphatic rings. The van der Waals surface area contributed by atoms with Crippen molar-refractivity contribution in [2.75, 3.05) is 27.3 Å². The fourth-order valence-corrected chi connectivity index (χ4v) is 4.46. The minimum atomic E-state index is -1.14. The average Bonchev–Trinajstić information content (AvgIpc) is 3.08. The molecule has 0 aliphatic carbocycles. The summed E-state index contributed by atoms with van der Waals surface area (Å²) in [4.78, 5) is 41.7. The van der Waals surface area contributed by atoms with Gasteiger partial charge in [0.2, 0.25) is 5.91 Å². The molecule has 1 atom stereocenters. The third-order valence-corrected chi connectivity index (χ3v) is 6.34. The topological polar surface area (TPSA) is 88.2 Å². The smallest absolute Gasteiger partial charge is 0.325 e. The summed E-state index contributed by atoms with van der Waals surface area (Å²) in [5, 5.41) is 2.82. The van der Waals surface area contributed by atoms with Crippen molar-refractivity contribution in [3.63, 3.8) is 0 Å². The van der Waals surface area contributed by atoms with Gasteiger partial charge in [0.15, 0.2) is 11.5 Å². The maximum Gasteiger partial charge on any atom is 0.325 e. The highest BCUT2D eigenvalue weighted by Crippen LogP contribution is 2.34. The number of nitrogens with zero attached hydrogens (tertiary/aromatic N) is 2. The summed E-state index contributed by atoms with van der Waals surface area (Å²) in [6.07, 6.45) is 1.05. The van der Waals surface area contributed by atoms with Crippen LogP contribution in [-0.4, -0.2) is 55.0 Å². The van der Waals surface area contributed by atoms with Crippen molar-refractivity contribution in [1.82, 2.24) is 15.1 Å². The molecule has 1 unspecified atom stereocenters. The molecule has 0 aromatic heterocycles. The fourth-order valence-electron chi connectivity index (χ4n) is 4.46. The van der Waals surface area contributed by atoms with Crippen LogP contribution in [0.3, 0.4) is 0 Å². The number of hydrogen-bond donors (Lipinski definition) is 1. The van der Waals surface area contributed by atoms with Gasteiger partial charge < -0.3 is 19.7 Å². The predicted octanol–water partition coefficient (Wildman–Crippen LogP) is 2.45. The zero-order valence-electron chi connectivity index (χ0n) is 18.5. The van der Waals surface area contributed by atoms with E-state index >= 15 is 0 Å². The molecule has 1 N–H and O–H groups in total. The van der Waals surface area contributed by atoms with Crippen LogP contribution >= 0.6 is 0 Å². The minimum Gasteiger partial charge on any atom is -0.493 e. The second-order valence-electron chi connectivity index (χ2n) is 7.99. The largest absolute Gasteiger partial charge is 0.493 e. The SMILES string of the molecule is CCC1(c2ccccc2)NC(=O)N(CC(=O)N2CCc3cc(OC)c(OC)cc3C2)C1=O. The maximum atomic E-state index is 13.3. The third kappa shape index (κ3) is 3.55. The number of fused-ring (bicyclic) bond motifs is 1. The van der Waals surface area contributed by atoms with Crippen LogP contribution in [0.2, 0.25) is 0 Å². The highest BCUT2D eigenvalue weighted by molar-refractivity contribution is 6.09. The Hall–Kier alpha value is -3.55. The number of ether oxygens (including phenoxy) is 2. The molecular weight excluding hydrogens is 410 g/mol. The van der Waals surface area contributed by atoms with Crippen LogP contribution in [0, 0.1) is 0 Å². The predicted molar refractivity (Wildman–Crippen MR) is 117 cm³/mol. The van der Waals surface area contributed by atoms with E-state index in [9.17, 15) is 14.4 Å². The summed E-state index contributed by atoms with van der Waals surface area (Å²) in [6, 6.07) is 12.4. The van der Waals surface area contributed by atoms with Crippen molar-refractivity contribution in [2.45, 2.75) is 31.8 Å². The highest BCUT2D eigenvalue weighted by atomic mass is 16.5. The molecule has 168 valence electrons. The minimum absolute atomic E-state index is 0.270. The summed E-state index contributed by atoms with van der Waals surface area (Å²) >= 11 is 0. The molecule has 8 nitrogen and oxygen atoms in total. The summed E-state index contributed by atoms with van der Waals surface area (Å²) < 4.78 is 10.7. The van der Waals surface area contributed by atoms with Gasteiger partial charge in [0.05, 0.1) is 14.2 Å². The van der Waals surface area contributed by atoms with Gasteiger partial charge in [0.25, 0.3) is 5.91 Å². The normalized spacial score (nSPS) is 20.1. The van der Waals surface area contributed by atoms with E-state index in [1.165, 1.54) is 0 Å². The number of methoxy groups -OCH3 is 2. The third-order valence-electron chi connectivity index (χ3n) is 6.34. The van der Waals surface area contributed by atoms with Crippen LogP contribution in [0.15, 0.2) is 42.5 Å². The van der Waals surface area contributed by atoms with Crippen LogP contribution < -0.4 is 14.8 Å². The molecule has 2 heterocycles. The summed E-state index contributed by atoms with van der Waals surface area (Å²) in [6.45, 7) is 2.44. The van der Waals surface area contributed by atoms with Crippen molar-refractivity contribution in [3.8, 4) is 11.5 Å². The van der Waals surface area contributed by atoms with Gasteiger partial charge in [0.1, 0.15) is 12.1 Å². The molecule has 0 bridgehead atoms. The van der Waals surface area contributed by atoms with Crippen LogP contribution in [-0.2, 0) is 28.1 Å². The summed E-state index contributed by atoms with van der Waals surface area (Å²) in [7, 11) is 3.16. The first-order valence-corrected chi connectivity index (χ1v) is 10.6. The second kappa shape index (κ2) is 8.53. The van der Waals surface area contributed by atoms with Gasteiger partial charge in [-0.1, -0.05) is 37.3 Å². The van der Waals surface area contributed by atoms with E-state index in [1.54, 1.807) is 19.1 Å². The van der Waals surface area contributed by atoms with Crippen molar-refractivity contribution in [1.29, 1.82) is 0 Å². The van der Waals surface area contributed by atoms with Gasteiger partial charge in [-0.2, -0.15) is 0 Å². The standard InChI is InChI=1S/C24H27N3O5/c1-4-24(18-8-6-5-7-9-18)22(29)27(23(30)25-24)15-21(28)26-11-10-16-12-19(31-2)20(32-3)13-17(16)14-26/h5-9,12-13H,4,10-11,14-15H2,1-3H3,(H,25,30). The first kappa shape index (κ1) is 21.7. The zero-order chi connectivity index (χ0) is 22.9. The highest BCUT2D eigenvalue weighted by Gasteiger charge is 2.51. The van der Waals surface area contributed by atoms with Crippen LogP contribution in [0.5, 0.6) is 11.5 Å². The zero-order valence-corrected chi connectivity index (χ0v) is 18.5. The Balaban J connectivity index is 1.51. The molecule has 2 aliphatic heterocycles. The molecule has 0 radical (unpaired) electrons. The lowest BCUT2D eigenvalue weighted by molar-refractivity contribution is -0.139. The number of rotatable bonds is 6. The Morgan fingerprint density at radius 3 is 2.34 bits per heavy atom. The molecule has 0 saturated carbocycles. The van der Waals surface area contributed by atoms with Gasteiger partial charge >= 0.3 is 6.03 Å². The lowest BCUT2D eigenvalue weighted by Gasteiger charge is -2.31. The second-order valence-corrected chi connectivity index (χ2v) is 7.99. The summed E-state index contributed by atoms with van der Waals surface area (Å²) in [5.74, 6) is 0.592. The van der Waals surface area contributed by atoms with Crippen molar-refractivity contribution in [3.05, 3.63) is 59.2 Å². The molecule has 2 aromatic rings. The van der Waals surface area contributed by atoms with Crippen LogP contribution in [0.1, 0.15) is 30.0 Å². The number of carbonyl (C=O) groups is 3. The molecule has 8 heteroatoms. The lowest BCUT2D eigenvalue weighted by atomic mass is 9.87. The monoisotopic (exact) mass is 437 g/mol. The van der Waals surface area contributed by atoms with E-state index in [4.69, 9.17) is 9.47 Å². The molecule has 1 saturated heterocycles. The van der Waals surface area contributed by atoms with E-state index in [2.05, 4.69) is 5.32 Å². The molecule has 2 aromatic carbocycles. The van der Waals surface area contributed by atoms with Gasteiger partial charge in [-0.15, -0.1) is 0 Å². The van der Waals surface area contributed by atoms with Crippen molar-refractivity contribution in [2.24, 2.45) is 0 Å². The fraction of sp³-hybridized carbons (Fsp3) is 0.375. The number of urea groups is 1. The van der Waals surface area contributed by atoms with Crippen molar-refractivity contribution >= 4 is 17.8 Å². The first-order chi connectivity index (χ1) is 15.4. The Morgan fingerprint density at radius 2 is 1.72 bits per heavy atom. The Morgan fingerprint density at radius 1 is 1.06 bits per heavy atom. The number of benzene rings is 2. The number of hydrogen-bond acceptors (Lipinski definition) is 5. The molecule has 0 spiro atoms. The van der Waals surface area contributed by atoms with Crippen LogP contribution in [0.25, 0.3) is 0 Å². The Bertz CT molecular complexity index is 1060. The van der Waals surface area contributed by atoms with E-state index in [1.807, 2.05) is 49.4 Å². The first-order valence-electron chi connectivity index (χ1n) is 10.6. The molecule has 32 heavy (non-hydrogen) atoms. The van der Waals surface area contributed by atoms with E-state index in [0.717, 1.165) is 16.0 Å². The lowest BCUT2D eigenvalue weighted by Crippen LogP contribution is -2.46. The molecular formula is C24H27N3O5. The van der Waals surface area contributed by atoms with E-state index < -0.39 is 17.5 Å². The van der Waals surface area contributed by atoms with Crippen LogP contribution in [0.4, 0.5) is 4.79 Å². The molecule has 4 rings (SSSR count). The summed E-state index contributed by atoms with van der Waals surface area (Å²) in [5.41, 5.74) is 1.63. The molecule has 1 fully saturated rings. The van der Waals surface area contributed by atoms with Gasteiger partial charge in [-0.25, -0.2) is 4.79 Å². The van der Waals surface area contributed by atoms with Gasteiger partial charge in [0, 0.05) is 13.1 Å².